The normalized spacial score (nSPS) is 17.5. The first-order valence-corrected chi connectivity index (χ1v) is 13.6. The van der Waals surface area contributed by atoms with E-state index in [-0.39, 0.29) is 17.8 Å². The molecule has 0 bridgehead atoms. The fourth-order valence-electron chi connectivity index (χ4n) is 5.82. The molecular formula is C31H36N4O4. The number of likely N-dealkylation sites (tertiary alicyclic amines) is 1. The fourth-order valence-corrected chi connectivity index (χ4v) is 5.82. The van der Waals surface area contributed by atoms with E-state index in [1.165, 1.54) is 11.1 Å². The van der Waals surface area contributed by atoms with Crippen LogP contribution in [0.15, 0.2) is 83.7 Å². The highest BCUT2D eigenvalue weighted by Crippen LogP contribution is 2.31. The third kappa shape index (κ3) is 6.34. The van der Waals surface area contributed by atoms with Crippen LogP contribution in [0.4, 0.5) is 4.79 Å². The van der Waals surface area contributed by atoms with Gasteiger partial charge in [-0.25, -0.2) is 9.59 Å². The molecule has 8 nitrogen and oxygen atoms in total. The molecule has 1 aliphatic heterocycles. The molecule has 3 aromatic carbocycles. The lowest BCUT2D eigenvalue weighted by atomic mass is 9.93. The highest BCUT2D eigenvalue weighted by molar-refractivity contribution is 5.75. The molecule has 0 saturated carbocycles. The number of imidazole rings is 1. The van der Waals surface area contributed by atoms with Crippen LogP contribution in [0.2, 0.25) is 0 Å². The average molecular weight is 529 g/mol. The first-order chi connectivity index (χ1) is 19.0. The number of aromatic nitrogens is 2. The number of piperidine rings is 1. The Morgan fingerprint density at radius 2 is 1.69 bits per heavy atom. The van der Waals surface area contributed by atoms with Gasteiger partial charge in [0.2, 0.25) is 0 Å². The summed E-state index contributed by atoms with van der Waals surface area (Å²) < 4.78 is 7.13. The molecule has 2 N–H and O–H groups in total. The van der Waals surface area contributed by atoms with Crippen molar-refractivity contribution in [2.75, 3.05) is 20.2 Å². The van der Waals surface area contributed by atoms with Crippen LogP contribution in [0.25, 0.3) is 11.0 Å². The molecule has 204 valence electrons. The number of benzene rings is 3. The van der Waals surface area contributed by atoms with Crippen LogP contribution in [0.1, 0.15) is 42.9 Å². The second-order valence-electron chi connectivity index (χ2n) is 10.3. The summed E-state index contributed by atoms with van der Waals surface area (Å²) in [6.45, 7) is 2.87. The minimum Gasteiger partial charge on any atom is -0.497 e. The molecule has 1 saturated heterocycles. The summed E-state index contributed by atoms with van der Waals surface area (Å²) in [4.78, 5) is 31.8. The first kappa shape index (κ1) is 26.6. The number of nitrogens with zero attached hydrogens (tertiary/aromatic N) is 3. The molecule has 2 atom stereocenters. The van der Waals surface area contributed by atoms with Gasteiger partial charge in [0.25, 0.3) is 0 Å². The van der Waals surface area contributed by atoms with Crippen molar-refractivity contribution >= 4 is 17.1 Å². The quantitative estimate of drug-likeness (QED) is 0.284. The molecule has 4 aromatic rings. The Bertz CT molecular complexity index is 1430. The molecule has 1 aliphatic rings. The summed E-state index contributed by atoms with van der Waals surface area (Å²) in [7, 11) is 1.67. The number of carbonyl (C=O) groups is 1. The van der Waals surface area contributed by atoms with Crippen molar-refractivity contribution in [1.82, 2.24) is 19.4 Å². The number of nitrogens with one attached hydrogen (secondary N) is 1. The number of methoxy groups -OCH3 is 1. The topological polar surface area (TPSA) is 90.8 Å². The maximum Gasteiger partial charge on any atom is 0.407 e. The Morgan fingerprint density at radius 1 is 1.00 bits per heavy atom. The summed E-state index contributed by atoms with van der Waals surface area (Å²) in [6, 6.07) is 26.1. The first-order valence-electron chi connectivity index (χ1n) is 13.6. The van der Waals surface area contributed by atoms with Gasteiger partial charge in [-0.3, -0.25) is 9.47 Å². The number of hydrogen-bond acceptors (Lipinski definition) is 4. The monoisotopic (exact) mass is 528 g/mol. The number of para-hydroxylation sites is 2. The summed E-state index contributed by atoms with van der Waals surface area (Å²) in [5.41, 5.74) is 4.01. The van der Waals surface area contributed by atoms with Crippen LogP contribution < -0.4 is 10.4 Å². The molecule has 0 aliphatic carbocycles. The van der Waals surface area contributed by atoms with E-state index in [4.69, 9.17) is 4.74 Å². The third-order valence-electron chi connectivity index (χ3n) is 7.75. The van der Waals surface area contributed by atoms with E-state index in [0.717, 1.165) is 49.3 Å². The van der Waals surface area contributed by atoms with Gasteiger partial charge in [-0.1, -0.05) is 54.6 Å². The molecule has 8 heteroatoms. The van der Waals surface area contributed by atoms with Gasteiger partial charge in [-0.05, 0) is 67.6 Å². The largest absolute Gasteiger partial charge is 0.497 e. The number of rotatable bonds is 10. The molecule has 0 spiro atoms. The molecule has 39 heavy (non-hydrogen) atoms. The van der Waals surface area contributed by atoms with E-state index in [1.807, 2.05) is 47.0 Å². The fraction of sp³-hybridized carbons (Fsp3) is 0.355. The van der Waals surface area contributed by atoms with Crippen molar-refractivity contribution in [3.05, 3.63) is 100 Å². The van der Waals surface area contributed by atoms with Crippen LogP contribution in [-0.2, 0) is 13.1 Å². The number of aromatic amines is 1. The zero-order valence-corrected chi connectivity index (χ0v) is 22.3. The number of amides is 1. The van der Waals surface area contributed by atoms with Gasteiger partial charge in [-0.15, -0.1) is 0 Å². The van der Waals surface area contributed by atoms with Crippen molar-refractivity contribution in [2.24, 2.45) is 0 Å². The van der Waals surface area contributed by atoms with Crippen molar-refractivity contribution < 1.29 is 14.6 Å². The van der Waals surface area contributed by atoms with Gasteiger partial charge < -0.3 is 19.7 Å². The average Bonchev–Trinajstić information content (AvgIpc) is 3.29. The predicted molar refractivity (Wildman–Crippen MR) is 152 cm³/mol. The van der Waals surface area contributed by atoms with Crippen molar-refractivity contribution in [2.45, 2.75) is 50.9 Å². The van der Waals surface area contributed by atoms with Crippen LogP contribution >= 0.6 is 0 Å². The van der Waals surface area contributed by atoms with Gasteiger partial charge in [0, 0.05) is 31.7 Å². The van der Waals surface area contributed by atoms with E-state index in [9.17, 15) is 14.7 Å². The molecule has 2 heterocycles. The van der Waals surface area contributed by atoms with Gasteiger partial charge in [0.05, 0.1) is 18.1 Å². The second kappa shape index (κ2) is 12.2. The molecule has 1 fully saturated rings. The minimum atomic E-state index is -0.885. The third-order valence-corrected chi connectivity index (χ3v) is 7.75. The molecule has 0 unspecified atom stereocenters. The number of H-pyrrole nitrogens is 1. The smallest absolute Gasteiger partial charge is 0.407 e. The SMILES string of the molecule is COc1ccc(CN(CCC[C@H]2C[C@@H](n3c(=O)[nH]c4ccccc43)CCN2C(=O)O)Cc2ccccc2)cc1. The van der Waals surface area contributed by atoms with Gasteiger partial charge >= 0.3 is 11.8 Å². The van der Waals surface area contributed by atoms with Gasteiger partial charge in [-0.2, -0.15) is 0 Å². The van der Waals surface area contributed by atoms with E-state index >= 15 is 0 Å². The molecule has 1 aromatic heterocycles. The molecule has 1 amide bonds. The summed E-state index contributed by atoms with van der Waals surface area (Å²) in [5, 5.41) is 9.92. The Labute approximate surface area is 228 Å². The maximum atomic E-state index is 12.8. The number of ether oxygens (including phenoxy) is 1. The van der Waals surface area contributed by atoms with Gasteiger partial charge in [0.1, 0.15) is 5.75 Å². The Morgan fingerprint density at radius 3 is 2.41 bits per heavy atom. The lowest BCUT2D eigenvalue weighted by molar-refractivity contribution is 0.0853. The lowest BCUT2D eigenvalue weighted by Crippen LogP contribution is -2.47. The summed E-state index contributed by atoms with van der Waals surface area (Å²) in [5.74, 6) is 0.836. The van der Waals surface area contributed by atoms with Gasteiger partial charge in [0.15, 0.2) is 0 Å². The van der Waals surface area contributed by atoms with Crippen LogP contribution in [0.3, 0.4) is 0 Å². The van der Waals surface area contributed by atoms with Crippen molar-refractivity contribution in [3.8, 4) is 5.75 Å². The molecule has 0 radical (unpaired) electrons. The van der Waals surface area contributed by atoms with Crippen molar-refractivity contribution in [3.63, 3.8) is 0 Å². The van der Waals surface area contributed by atoms with Crippen LogP contribution in [-0.4, -0.2) is 56.8 Å². The van der Waals surface area contributed by atoms with Crippen molar-refractivity contribution in [1.29, 1.82) is 0 Å². The second-order valence-corrected chi connectivity index (χ2v) is 10.3. The molecule has 5 rings (SSSR count). The van der Waals surface area contributed by atoms with Crippen LogP contribution in [0, 0.1) is 0 Å². The standard InChI is InChI=1S/C31H36N4O4/c1-39-27-15-13-24(14-16-27)22-33(21-23-8-3-2-4-9-23)18-7-10-25-20-26(17-19-34(25)31(37)38)35-29-12-6-5-11-28(29)32-30(35)36/h2-6,8-9,11-16,25-26H,7,10,17-22H2,1H3,(H,32,36)(H,37,38)/t25-,26-/m0/s1. The van der Waals surface area contributed by atoms with E-state index in [1.54, 1.807) is 12.0 Å². The number of fused-ring (bicyclic) bond motifs is 1. The number of hydrogen-bond donors (Lipinski definition) is 2. The Hall–Kier alpha value is -4.04. The number of carboxylic acid groups (broad SMARTS) is 1. The Balaban J connectivity index is 1.28. The van der Waals surface area contributed by atoms with E-state index in [2.05, 4.69) is 46.3 Å². The van der Waals surface area contributed by atoms with E-state index < -0.39 is 6.09 Å². The van der Waals surface area contributed by atoms with E-state index in [0.29, 0.717) is 19.4 Å². The highest BCUT2D eigenvalue weighted by Gasteiger charge is 2.33. The maximum absolute atomic E-state index is 12.8. The summed E-state index contributed by atoms with van der Waals surface area (Å²) >= 11 is 0. The minimum absolute atomic E-state index is 0.0334. The highest BCUT2D eigenvalue weighted by atomic mass is 16.5. The van der Waals surface area contributed by atoms with Crippen LogP contribution in [0.5, 0.6) is 5.75 Å². The lowest BCUT2D eigenvalue weighted by Gasteiger charge is -2.38. The predicted octanol–water partition coefficient (Wildman–Crippen LogP) is 5.50. The summed E-state index contributed by atoms with van der Waals surface area (Å²) in [6.07, 6.45) is 1.97. The zero-order chi connectivity index (χ0) is 27.2. The Kier molecular flexibility index (Phi) is 8.32. The molecular weight excluding hydrogens is 492 g/mol. The zero-order valence-electron chi connectivity index (χ0n) is 22.3.